The normalized spacial score (nSPS) is 17.1. The van der Waals surface area contributed by atoms with Crippen molar-refractivity contribution in [2.75, 3.05) is 19.0 Å². The summed E-state index contributed by atoms with van der Waals surface area (Å²) >= 11 is 7.99. The third-order valence-electron chi connectivity index (χ3n) is 5.11. The first-order valence-corrected chi connectivity index (χ1v) is 10.6. The summed E-state index contributed by atoms with van der Waals surface area (Å²) in [5, 5.41) is 2.01. The van der Waals surface area contributed by atoms with Gasteiger partial charge in [-0.3, -0.25) is 0 Å². The van der Waals surface area contributed by atoms with Gasteiger partial charge in [0.25, 0.3) is 0 Å². The van der Waals surface area contributed by atoms with Gasteiger partial charge >= 0.3 is 5.16 Å². The fourth-order valence-electron chi connectivity index (χ4n) is 3.70. The van der Waals surface area contributed by atoms with E-state index in [-0.39, 0.29) is 17.0 Å². The van der Waals surface area contributed by atoms with Crippen molar-refractivity contribution in [3.05, 3.63) is 53.7 Å². The van der Waals surface area contributed by atoms with E-state index in [0.717, 1.165) is 39.9 Å². The molecule has 5 rings (SSSR count). The van der Waals surface area contributed by atoms with Gasteiger partial charge in [-0.15, -0.1) is 0 Å². The molecular weight excluding hydrogens is 460 g/mol. The van der Waals surface area contributed by atoms with Gasteiger partial charge in [0.2, 0.25) is 0 Å². The molecule has 3 heterocycles. The van der Waals surface area contributed by atoms with Crippen molar-refractivity contribution in [3.8, 4) is 28.4 Å². The van der Waals surface area contributed by atoms with Crippen molar-refractivity contribution < 1.29 is 31.0 Å². The summed E-state index contributed by atoms with van der Waals surface area (Å²) < 4.78 is 16.2. The molecule has 0 aliphatic carbocycles. The average Bonchev–Trinajstić information content (AvgIpc) is 3.29. The second kappa shape index (κ2) is 8.01. The lowest BCUT2D eigenvalue weighted by molar-refractivity contribution is -0.738. The van der Waals surface area contributed by atoms with Gasteiger partial charge in [0, 0.05) is 16.3 Å². The fraction of sp³-hybridized carbons (Fsp3) is 0.286. The van der Waals surface area contributed by atoms with Gasteiger partial charge < -0.3 is 26.5 Å². The summed E-state index contributed by atoms with van der Waals surface area (Å²) in [6, 6.07) is 14.7. The Morgan fingerprint density at radius 2 is 1.86 bits per heavy atom. The van der Waals surface area contributed by atoms with Crippen LogP contribution in [0.15, 0.2) is 53.8 Å². The summed E-state index contributed by atoms with van der Waals surface area (Å²) in [4.78, 5) is 0. The first kappa shape index (κ1) is 19.7. The Morgan fingerprint density at radius 3 is 2.61 bits per heavy atom. The highest BCUT2D eigenvalue weighted by atomic mass is 79.9. The molecule has 1 aromatic heterocycles. The van der Waals surface area contributed by atoms with Gasteiger partial charge in [0.05, 0.1) is 0 Å². The van der Waals surface area contributed by atoms with Crippen molar-refractivity contribution in [2.24, 2.45) is 0 Å². The number of thioether (sulfide) groups is 1. The molecule has 3 aromatic rings. The zero-order valence-electron chi connectivity index (χ0n) is 15.4. The summed E-state index contributed by atoms with van der Waals surface area (Å²) in [6.07, 6.45) is 3.33. The molecule has 0 radical (unpaired) electrons. The lowest BCUT2D eigenvalue weighted by atomic mass is 10.1. The molecule has 1 unspecified atom stereocenters. The van der Waals surface area contributed by atoms with Crippen LogP contribution in [0, 0.1) is 0 Å². The van der Waals surface area contributed by atoms with E-state index in [1.54, 1.807) is 0 Å². The number of rotatable bonds is 3. The van der Waals surface area contributed by atoms with Crippen LogP contribution in [0.3, 0.4) is 0 Å². The van der Waals surface area contributed by atoms with Crippen LogP contribution in [0.1, 0.15) is 19.4 Å². The molecule has 4 nitrogen and oxygen atoms in total. The van der Waals surface area contributed by atoms with E-state index in [2.05, 4.69) is 46.5 Å². The third-order valence-corrected chi connectivity index (χ3v) is 6.56. The molecule has 0 bridgehead atoms. The summed E-state index contributed by atoms with van der Waals surface area (Å²) in [5.74, 6) is 2.74. The Morgan fingerprint density at radius 1 is 1.11 bits per heavy atom. The molecule has 7 heteroatoms. The number of benzene rings is 2. The molecule has 0 N–H and O–H groups in total. The molecular formula is C21H20BrClN2O2S. The van der Waals surface area contributed by atoms with Crippen LogP contribution in [0.2, 0.25) is 5.02 Å². The number of nitrogens with zero attached hydrogens (tertiary/aromatic N) is 2. The first-order chi connectivity index (χ1) is 13.2. The Bertz CT molecular complexity index is 1010. The second-order valence-corrected chi connectivity index (χ2v) is 8.17. The van der Waals surface area contributed by atoms with Gasteiger partial charge in [0.1, 0.15) is 31.1 Å². The molecule has 2 aliphatic heterocycles. The fourth-order valence-corrected chi connectivity index (χ4v) is 5.24. The Hall–Kier alpha value is -1.63. The number of hydrogen-bond donors (Lipinski definition) is 0. The Labute approximate surface area is 184 Å². The van der Waals surface area contributed by atoms with Crippen molar-refractivity contribution in [3.63, 3.8) is 0 Å². The van der Waals surface area contributed by atoms with E-state index in [1.807, 2.05) is 30.0 Å². The Kier molecular flexibility index (Phi) is 5.63. The molecule has 1 atom stereocenters. The number of aromatic nitrogens is 2. The maximum atomic E-state index is 6.09. The molecule has 0 amide bonds. The van der Waals surface area contributed by atoms with Gasteiger partial charge in [-0.1, -0.05) is 18.5 Å². The van der Waals surface area contributed by atoms with E-state index in [9.17, 15) is 0 Å². The molecule has 2 aromatic carbocycles. The Balaban J connectivity index is 0.00000192. The zero-order valence-corrected chi connectivity index (χ0v) is 18.6. The molecule has 0 saturated carbocycles. The summed E-state index contributed by atoms with van der Waals surface area (Å²) in [5.41, 5.74) is 3.47. The molecule has 0 saturated heterocycles. The lowest BCUT2D eigenvalue weighted by Gasteiger charge is -2.18. The number of imidazole rings is 1. The first-order valence-electron chi connectivity index (χ1n) is 9.20. The van der Waals surface area contributed by atoms with E-state index in [1.165, 1.54) is 10.9 Å². The van der Waals surface area contributed by atoms with Gasteiger partial charge in [-0.2, -0.15) is 4.57 Å². The van der Waals surface area contributed by atoms with E-state index >= 15 is 0 Å². The van der Waals surface area contributed by atoms with Crippen molar-refractivity contribution in [1.29, 1.82) is 0 Å². The SMILES string of the molecule is CCC1CSc2n(-c3ccc(Cl)cc3)cc(-c3ccc4c(c3)OCCO4)[n+]21.[Br-]. The van der Waals surface area contributed by atoms with Crippen LogP contribution in [0.25, 0.3) is 16.9 Å². The number of fused-ring (bicyclic) bond motifs is 2. The minimum absolute atomic E-state index is 0. The van der Waals surface area contributed by atoms with Crippen molar-refractivity contribution in [1.82, 2.24) is 4.57 Å². The highest BCUT2D eigenvalue weighted by molar-refractivity contribution is 7.99. The lowest BCUT2D eigenvalue weighted by Crippen LogP contribution is -3.00. The van der Waals surface area contributed by atoms with Crippen LogP contribution in [0.5, 0.6) is 11.5 Å². The highest BCUT2D eigenvalue weighted by Crippen LogP contribution is 2.38. The van der Waals surface area contributed by atoms with Crippen molar-refractivity contribution in [2.45, 2.75) is 24.5 Å². The molecule has 28 heavy (non-hydrogen) atoms. The zero-order chi connectivity index (χ0) is 18.4. The van der Waals surface area contributed by atoms with Gasteiger partial charge in [-0.05, 0) is 60.6 Å². The summed E-state index contributed by atoms with van der Waals surface area (Å²) in [6.45, 7) is 3.46. The summed E-state index contributed by atoms with van der Waals surface area (Å²) in [7, 11) is 0. The minimum atomic E-state index is 0. The predicted octanol–water partition coefficient (Wildman–Crippen LogP) is 1.92. The number of ether oxygens (including phenoxy) is 2. The average molecular weight is 480 g/mol. The number of hydrogen-bond acceptors (Lipinski definition) is 3. The minimum Gasteiger partial charge on any atom is -1.00 e. The quantitative estimate of drug-likeness (QED) is 0.537. The standard InChI is InChI=1S/C21H20ClN2O2S.BrH/c1-2-16-13-27-21-23(17-6-4-15(22)5-7-17)12-18(24(16)21)14-3-8-19-20(11-14)26-10-9-25-19;/h3-8,11-12,16H,2,9-10,13H2,1H3;1H/q+1;/p-1. The third kappa shape index (κ3) is 3.31. The van der Waals surface area contributed by atoms with Crippen molar-refractivity contribution >= 4 is 23.4 Å². The molecule has 0 fully saturated rings. The maximum Gasteiger partial charge on any atom is 0.324 e. The second-order valence-electron chi connectivity index (χ2n) is 6.74. The largest absolute Gasteiger partial charge is 1.00 e. The van der Waals surface area contributed by atoms with E-state index in [0.29, 0.717) is 19.3 Å². The van der Waals surface area contributed by atoms with Gasteiger partial charge in [0.15, 0.2) is 17.2 Å². The predicted molar refractivity (Wildman–Crippen MR) is 107 cm³/mol. The van der Waals surface area contributed by atoms with Crippen LogP contribution >= 0.6 is 23.4 Å². The van der Waals surface area contributed by atoms with Crippen LogP contribution in [-0.2, 0) is 0 Å². The monoisotopic (exact) mass is 478 g/mol. The highest BCUT2D eigenvalue weighted by Gasteiger charge is 2.37. The van der Waals surface area contributed by atoms with Crippen LogP contribution in [-0.4, -0.2) is 23.5 Å². The molecule has 0 spiro atoms. The van der Waals surface area contributed by atoms with Crippen LogP contribution in [0.4, 0.5) is 0 Å². The van der Waals surface area contributed by atoms with Crippen LogP contribution < -0.4 is 31.0 Å². The maximum absolute atomic E-state index is 6.09. The van der Waals surface area contributed by atoms with E-state index in [4.69, 9.17) is 21.1 Å². The molecule has 2 aliphatic rings. The topological polar surface area (TPSA) is 27.3 Å². The number of halogens is 2. The molecule has 146 valence electrons. The van der Waals surface area contributed by atoms with Gasteiger partial charge in [-0.25, -0.2) is 4.57 Å². The smallest absolute Gasteiger partial charge is 0.324 e. The van der Waals surface area contributed by atoms with E-state index < -0.39 is 0 Å².